The predicted molar refractivity (Wildman–Crippen MR) is 102 cm³/mol. The van der Waals surface area contributed by atoms with Crippen molar-refractivity contribution in [3.05, 3.63) is 65.7 Å². The molecule has 148 valence electrons. The molecule has 1 heterocycles. The molecule has 1 N–H and O–H groups in total. The number of Topliss-reactive ketones (excluding diaryl/α,β-unsaturated/α-hetero) is 1. The molecule has 29 heavy (non-hydrogen) atoms. The minimum absolute atomic E-state index is 0.177. The Labute approximate surface area is 166 Å². The quantitative estimate of drug-likeness (QED) is 0.433. The van der Waals surface area contributed by atoms with E-state index in [0.717, 1.165) is 4.90 Å². The van der Waals surface area contributed by atoms with E-state index in [9.17, 15) is 24.0 Å². The first kappa shape index (κ1) is 19.9. The van der Waals surface area contributed by atoms with E-state index in [1.165, 1.54) is 24.3 Å². The lowest BCUT2D eigenvalue weighted by atomic mass is 10.1. The maximum absolute atomic E-state index is 12.1. The number of nitrogens with zero attached hydrogens (tertiary/aromatic N) is 1. The molecule has 0 aliphatic carbocycles. The molecular formula is C21H18N2O6. The highest BCUT2D eigenvalue weighted by atomic mass is 16.5. The highest BCUT2D eigenvalue weighted by Gasteiger charge is 2.30. The zero-order chi connectivity index (χ0) is 20.8. The minimum atomic E-state index is -0.743. The second-order valence-electron chi connectivity index (χ2n) is 6.30. The van der Waals surface area contributed by atoms with Gasteiger partial charge in [0.25, 0.3) is 5.91 Å². The lowest BCUT2D eigenvalue weighted by Gasteiger charge is -2.14. The van der Waals surface area contributed by atoms with Gasteiger partial charge in [0.2, 0.25) is 11.8 Å². The van der Waals surface area contributed by atoms with Crippen LogP contribution in [0.1, 0.15) is 33.6 Å². The predicted octanol–water partition coefficient (Wildman–Crippen LogP) is 1.50. The maximum Gasteiger partial charge on any atom is 0.325 e. The van der Waals surface area contributed by atoms with Gasteiger partial charge in [0.05, 0.1) is 5.69 Å². The van der Waals surface area contributed by atoms with Crippen LogP contribution >= 0.6 is 0 Å². The Balaban J connectivity index is 1.47. The number of rotatable bonds is 7. The molecule has 0 unspecified atom stereocenters. The van der Waals surface area contributed by atoms with E-state index in [1.807, 2.05) is 0 Å². The Bertz CT molecular complexity index is 937. The van der Waals surface area contributed by atoms with Crippen molar-refractivity contribution in [2.45, 2.75) is 12.8 Å². The van der Waals surface area contributed by atoms with Crippen LogP contribution in [0.25, 0.3) is 0 Å². The molecule has 8 heteroatoms. The Morgan fingerprint density at radius 2 is 1.48 bits per heavy atom. The summed E-state index contributed by atoms with van der Waals surface area (Å²) in [5, 5.41) is 2.40. The fraction of sp³-hybridized carbons (Fsp3) is 0.190. The number of benzene rings is 2. The average molecular weight is 394 g/mol. The number of amides is 3. The lowest BCUT2D eigenvalue weighted by molar-refractivity contribution is -0.141. The van der Waals surface area contributed by atoms with Gasteiger partial charge in [-0.25, -0.2) is 0 Å². The normalized spacial score (nSPS) is 13.3. The maximum atomic E-state index is 12.1. The van der Waals surface area contributed by atoms with Gasteiger partial charge in [0.15, 0.2) is 12.4 Å². The summed E-state index contributed by atoms with van der Waals surface area (Å²) in [6.45, 7) is -0.808. The molecule has 8 nitrogen and oxygen atoms in total. The molecule has 0 aromatic heterocycles. The Kier molecular flexibility index (Phi) is 6.13. The van der Waals surface area contributed by atoms with Crippen molar-refractivity contribution in [3.63, 3.8) is 0 Å². The Morgan fingerprint density at radius 3 is 2.10 bits per heavy atom. The highest BCUT2D eigenvalue weighted by molar-refractivity contribution is 6.19. The molecule has 1 aliphatic heterocycles. The van der Waals surface area contributed by atoms with Gasteiger partial charge in [0, 0.05) is 24.0 Å². The third-order valence-corrected chi connectivity index (χ3v) is 4.29. The van der Waals surface area contributed by atoms with Crippen molar-refractivity contribution in [2.75, 3.05) is 18.1 Å². The average Bonchev–Trinajstić information content (AvgIpc) is 3.09. The van der Waals surface area contributed by atoms with Crippen LogP contribution in [-0.2, 0) is 19.1 Å². The standard InChI is InChI=1S/C21H18N2O6/c24-17(14-4-2-1-3-5-14)13-29-20(27)12-22-21(28)15-6-8-16(9-7-15)23-18(25)10-11-19(23)26/h1-9H,10-13H2,(H,22,28). The smallest absolute Gasteiger partial charge is 0.325 e. The van der Waals surface area contributed by atoms with Gasteiger partial charge in [-0.2, -0.15) is 0 Å². The van der Waals surface area contributed by atoms with Crippen LogP contribution in [0.3, 0.4) is 0 Å². The van der Waals surface area contributed by atoms with Gasteiger partial charge in [0.1, 0.15) is 6.54 Å². The van der Waals surface area contributed by atoms with E-state index in [4.69, 9.17) is 4.74 Å². The largest absolute Gasteiger partial charge is 0.456 e. The second-order valence-corrected chi connectivity index (χ2v) is 6.30. The molecule has 2 aromatic rings. The van der Waals surface area contributed by atoms with Crippen LogP contribution in [0, 0.1) is 0 Å². The summed E-state index contributed by atoms with van der Waals surface area (Å²) in [5.74, 6) is -2.17. The number of carbonyl (C=O) groups is 5. The molecule has 3 amide bonds. The summed E-state index contributed by atoms with van der Waals surface area (Å²) >= 11 is 0. The van der Waals surface area contributed by atoms with E-state index in [1.54, 1.807) is 30.3 Å². The molecule has 0 radical (unpaired) electrons. The van der Waals surface area contributed by atoms with Crippen LogP contribution in [-0.4, -0.2) is 42.6 Å². The van der Waals surface area contributed by atoms with Gasteiger partial charge in [-0.15, -0.1) is 0 Å². The Morgan fingerprint density at radius 1 is 0.862 bits per heavy atom. The molecule has 1 aliphatic rings. The fourth-order valence-electron chi connectivity index (χ4n) is 2.79. The number of nitrogens with one attached hydrogen (secondary N) is 1. The summed E-state index contributed by atoms with van der Waals surface area (Å²) in [7, 11) is 0. The van der Waals surface area contributed by atoms with E-state index >= 15 is 0 Å². The van der Waals surface area contributed by atoms with Gasteiger partial charge >= 0.3 is 5.97 Å². The topological polar surface area (TPSA) is 110 Å². The fourth-order valence-corrected chi connectivity index (χ4v) is 2.79. The van der Waals surface area contributed by atoms with Gasteiger partial charge in [-0.05, 0) is 24.3 Å². The minimum Gasteiger partial charge on any atom is -0.456 e. The molecule has 0 saturated carbocycles. The molecule has 0 atom stereocenters. The number of esters is 1. The molecule has 1 saturated heterocycles. The SMILES string of the molecule is O=C(CNC(=O)c1ccc(N2C(=O)CCC2=O)cc1)OCC(=O)c1ccccc1. The van der Waals surface area contributed by atoms with Gasteiger partial charge < -0.3 is 10.1 Å². The van der Waals surface area contributed by atoms with Crippen molar-refractivity contribution < 1.29 is 28.7 Å². The van der Waals surface area contributed by atoms with Crippen LogP contribution in [0.4, 0.5) is 5.69 Å². The van der Waals surface area contributed by atoms with Crippen molar-refractivity contribution >= 4 is 35.2 Å². The lowest BCUT2D eigenvalue weighted by Crippen LogP contribution is -2.31. The molecule has 2 aromatic carbocycles. The zero-order valence-electron chi connectivity index (χ0n) is 15.4. The molecule has 0 bridgehead atoms. The molecule has 3 rings (SSSR count). The van der Waals surface area contributed by atoms with E-state index < -0.39 is 25.0 Å². The first-order valence-electron chi connectivity index (χ1n) is 8.93. The molecule has 1 fully saturated rings. The van der Waals surface area contributed by atoms with Crippen LogP contribution < -0.4 is 10.2 Å². The number of imide groups is 1. The van der Waals surface area contributed by atoms with Crippen LogP contribution in [0.15, 0.2) is 54.6 Å². The summed E-state index contributed by atoms with van der Waals surface area (Å²) in [6.07, 6.45) is 0.353. The Hall–Kier alpha value is -3.81. The first-order valence-corrected chi connectivity index (χ1v) is 8.93. The second kappa shape index (κ2) is 8.92. The molecule has 0 spiro atoms. The van der Waals surface area contributed by atoms with Crippen molar-refractivity contribution in [2.24, 2.45) is 0 Å². The third-order valence-electron chi connectivity index (χ3n) is 4.29. The number of ether oxygens (including phenoxy) is 1. The van der Waals surface area contributed by atoms with E-state index in [-0.39, 0.29) is 36.0 Å². The van der Waals surface area contributed by atoms with E-state index in [2.05, 4.69) is 5.32 Å². The third kappa shape index (κ3) is 4.92. The number of carbonyl (C=O) groups excluding carboxylic acids is 5. The number of hydrogen-bond donors (Lipinski definition) is 1. The van der Waals surface area contributed by atoms with E-state index in [0.29, 0.717) is 11.3 Å². The summed E-state index contributed by atoms with van der Waals surface area (Å²) < 4.78 is 4.87. The number of ketones is 1. The van der Waals surface area contributed by atoms with Crippen molar-refractivity contribution in [1.29, 1.82) is 0 Å². The summed E-state index contributed by atoms with van der Waals surface area (Å²) in [5.41, 5.74) is 1.08. The van der Waals surface area contributed by atoms with Crippen molar-refractivity contribution in [3.8, 4) is 0 Å². The van der Waals surface area contributed by atoms with Crippen molar-refractivity contribution in [1.82, 2.24) is 5.32 Å². The number of hydrogen-bond acceptors (Lipinski definition) is 6. The summed E-state index contributed by atoms with van der Waals surface area (Å²) in [6, 6.07) is 14.3. The van der Waals surface area contributed by atoms with Crippen LogP contribution in [0.2, 0.25) is 0 Å². The monoisotopic (exact) mass is 394 g/mol. The molecular weight excluding hydrogens is 376 g/mol. The van der Waals surface area contributed by atoms with Gasteiger partial charge in [-0.1, -0.05) is 30.3 Å². The summed E-state index contributed by atoms with van der Waals surface area (Å²) in [4.78, 5) is 60.3. The van der Waals surface area contributed by atoms with Gasteiger partial charge in [-0.3, -0.25) is 28.9 Å². The van der Waals surface area contributed by atoms with Crippen LogP contribution in [0.5, 0.6) is 0 Å². The highest BCUT2D eigenvalue weighted by Crippen LogP contribution is 2.22. The number of anilines is 1. The first-order chi connectivity index (χ1) is 14.0. The zero-order valence-corrected chi connectivity index (χ0v) is 15.4.